The van der Waals surface area contributed by atoms with Gasteiger partial charge in [-0.15, -0.1) is 0 Å². The first-order valence-corrected chi connectivity index (χ1v) is 11.5. The Hall–Kier alpha value is -0.393. The highest BCUT2D eigenvalue weighted by Gasteiger charge is 2.89. The van der Waals surface area contributed by atoms with Gasteiger partial charge in [-0.25, -0.2) is 0 Å². The van der Waals surface area contributed by atoms with Crippen molar-refractivity contribution in [2.75, 3.05) is 7.11 Å². The Labute approximate surface area is 134 Å². The molecule has 1 spiro atoms. The third-order valence-corrected chi connectivity index (χ3v) is 11.9. The number of methoxy groups -OCH3 is 1. The summed E-state index contributed by atoms with van der Waals surface area (Å²) in [7, 11) is -0.286. The van der Waals surface area contributed by atoms with Crippen LogP contribution in [0.1, 0.15) is 33.6 Å². The highest BCUT2D eigenvalue weighted by molar-refractivity contribution is 6.74. The summed E-state index contributed by atoms with van der Waals surface area (Å²) in [5.41, 5.74) is 0.138. The Morgan fingerprint density at radius 1 is 1.27 bits per heavy atom. The van der Waals surface area contributed by atoms with E-state index in [0.717, 1.165) is 12.8 Å². The summed E-state index contributed by atoms with van der Waals surface area (Å²) in [6, 6.07) is 0. The summed E-state index contributed by atoms with van der Waals surface area (Å²) in [6.45, 7) is 11.5. The molecule has 0 aromatic heterocycles. The number of ether oxygens (including phenoxy) is 2. The lowest BCUT2D eigenvalue weighted by atomic mass is 9.38. The van der Waals surface area contributed by atoms with Gasteiger partial charge in [0.15, 0.2) is 8.32 Å². The summed E-state index contributed by atoms with van der Waals surface area (Å²) >= 11 is 0. The van der Waals surface area contributed by atoms with Crippen molar-refractivity contribution in [3.8, 4) is 0 Å². The topological polar surface area (TPSA) is 48.1 Å². The maximum absolute atomic E-state index is 12.1. The minimum atomic E-state index is -1.79. The van der Waals surface area contributed by atoms with Crippen molar-refractivity contribution in [1.29, 1.82) is 0 Å². The van der Waals surface area contributed by atoms with Gasteiger partial charge in [0, 0.05) is 11.3 Å². The predicted octanol–water partition coefficient (Wildman–Crippen LogP) is 2.97. The van der Waals surface area contributed by atoms with E-state index in [1.807, 2.05) is 0 Å². The highest BCUT2D eigenvalue weighted by Crippen LogP contribution is 2.81. The SMILES string of the molecule is COC(=O)[C@@H]1[C@@H]2[C@H]3O[C@H]3C23[C@@H](O[Si](C)(C)C(C)(C)C)CC[C@@H]13. The Balaban J connectivity index is 1.58. The van der Waals surface area contributed by atoms with E-state index in [1.54, 1.807) is 0 Å². The Morgan fingerprint density at radius 2 is 1.95 bits per heavy atom. The first kappa shape index (κ1) is 15.2. The molecular weight excluding hydrogens is 296 g/mol. The molecule has 4 nitrogen and oxygen atoms in total. The third-order valence-electron chi connectivity index (χ3n) is 7.43. The van der Waals surface area contributed by atoms with Gasteiger partial charge in [0.1, 0.15) is 0 Å². The summed E-state index contributed by atoms with van der Waals surface area (Å²) in [6.07, 6.45) is 3.12. The minimum absolute atomic E-state index is 0.0347. The zero-order valence-electron chi connectivity index (χ0n) is 14.5. The van der Waals surface area contributed by atoms with Gasteiger partial charge < -0.3 is 13.9 Å². The first-order valence-electron chi connectivity index (χ1n) is 8.57. The van der Waals surface area contributed by atoms with E-state index in [4.69, 9.17) is 13.9 Å². The number of carbonyl (C=O) groups excluding carboxylic acids is 1. The first-order chi connectivity index (χ1) is 10.2. The van der Waals surface area contributed by atoms with Crippen molar-refractivity contribution >= 4 is 14.3 Å². The molecule has 3 aliphatic carbocycles. The van der Waals surface area contributed by atoms with Crippen LogP contribution >= 0.6 is 0 Å². The molecule has 5 heteroatoms. The predicted molar refractivity (Wildman–Crippen MR) is 84.9 cm³/mol. The number of hydrogen-bond donors (Lipinski definition) is 0. The smallest absolute Gasteiger partial charge is 0.309 e. The van der Waals surface area contributed by atoms with Crippen LogP contribution < -0.4 is 0 Å². The summed E-state index contributed by atoms with van der Waals surface area (Å²) < 4.78 is 17.7. The molecule has 0 aromatic carbocycles. The molecule has 7 atom stereocenters. The lowest BCUT2D eigenvalue weighted by Crippen LogP contribution is -2.73. The number of epoxide rings is 1. The largest absolute Gasteiger partial charge is 0.469 e. The second kappa shape index (κ2) is 4.17. The molecule has 4 aliphatic rings. The molecule has 0 aromatic rings. The number of fused-ring (bicyclic) bond motifs is 2. The molecule has 1 aliphatic heterocycles. The molecular formula is C17H28O4Si. The van der Waals surface area contributed by atoms with Crippen LogP contribution in [0.5, 0.6) is 0 Å². The van der Waals surface area contributed by atoms with Gasteiger partial charge in [0.05, 0.1) is 31.3 Å². The number of hydrogen-bond acceptors (Lipinski definition) is 4. The average Bonchev–Trinajstić information content (AvgIpc) is 3.01. The summed E-state index contributed by atoms with van der Waals surface area (Å²) in [4.78, 5) is 12.1. The normalized spacial score (nSPS) is 48.5. The number of rotatable bonds is 3. The zero-order chi connectivity index (χ0) is 16.1. The molecule has 0 radical (unpaired) electrons. The van der Waals surface area contributed by atoms with Gasteiger partial charge in [0.2, 0.25) is 0 Å². The summed E-state index contributed by atoms with van der Waals surface area (Å²) in [5.74, 6) is 0.796. The summed E-state index contributed by atoms with van der Waals surface area (Å²) in [5, 5.41) is 0.219. The quantitative estimate of drug-likeness (QED) is 0.455. The Morgan fingerprint density at radius 3 is 2.55 bits per heavy atom. The van der Waals surface area contributed by atoms with Gasteiger partial charge in [-0.1, -0.05) is 20.8 Å². The van der Waals surface area contributed by atoms with Gasteiger partial charge in [-0.05, 0) is 36.9 Å². The molecule has 4 fully saturated rings. The van der Waals surface area contributed by atoms with Crippen LogP contribution in [0.25, 0.3) is 0 Å². The number of esters is 1. The van der Waals surface area contributed by atoms with Crippen molar-refractivity contribution in [2.24, 2.45) is 23.2 Å². The fraction of sp³-hybridized carbons (Fsp3) is 0.941. The molecule has 3 saturated carbocycles. The van der Waals surface area contributed by atoms with E-state index in [2.05, 4.69) is 33.9 Å². The van der Waals surface area contributed by atoms with Crippen LogP contribution in [-0.2, 0) is 18.7 Å². The maximum atomic E-state index is 12.1. The highest BCUT2D eigenvalue weighted by atomic mass is 28.4. The maximum Gasteiger partial charge on any atom is 0.309 e. The van der Waals surface area contributed by atoms with E-state index in [1.165, 1.54) is 7.11 Å². The van der Waals surface area contributed by atoms with E-state index < -0.39 is 8.32 Å². The monoisotopic (exact) mass is 324 g/mol. The van der Waals surface area contributed by atoms with Crippen molar-refractivity contribution in [3.63, 3.8) is 0 Å². The van der Waals surface area contributed by atoms with Crippen molar-refractivity contribution in [3.05, 3.63) is 0 Å². The fourth-order valence-corrected chi connectivity index (χ4v) is 6.75. The van der Waals surface area contributed by atoms with E-state index >= 15 is 0 Å². The average molecular weight is 324 g/mol. The van der Waals surface area contributed by atoms with Crippen LogP contribution in [-0.4, -0.2) is 39.7 Å². The standard InChI is InChI=1S/C17H28O4Si/c1-16(2,3)22(5,6)21-10-8-7-9-11(15(18)19-4)12-13-14(20-13)17(9,10)12/h9-14H,7-8H2,1-6H3/t9-,10-,11-,12+,13+,14+,17?/m0/s1. The Bertz CT molecular complexity index is 517. The molecule has 1 saturated heterocycles. The van der Waals surface area contributed by atoms with Crippen LogP contribution in [0.3, 0.4) is 0 Å². The van der Waals surface area contributed by atoms with E-state index in [9.17, 15) is 4.79 Å². The zero-order valence-corrected chi connectivity index (χ0v) is 15.5. The Kier molecular flexibility index (Phi) is 2.87. The lowest BCUT2D eigenvalue weighted by Gasteiger charge is -2.64. The van der Waals surface area contributed by atoms with Gasteiger partial charge in [0.25, 0.3) is 0 Å². The van der Waals surface area contributed by atoms with E-state index in [-0.39, 0.29) is 28.4 Å². The third kappa shape index (κ3) is 1.53. The van der Waals surface area contributed by atoms with Crippen LogP contribution in [0, 0.1) is 23.2 Å². The minimum Gasteiger partial charge on any atom is -0.469 e. The van der Waals surface area contributed by atoms with Gasteiger partial charge in [-0.2, -0.15) is 0 Å². The second-order valence-corrected chi connectivity index (χ2v) is 13.9. The van der Waals surface area contributed by atoms with Crippen LogP contribution in [0.2, 0.25) is 18.1 Å². The lowest BCUT2D eigenvalue weighted by molar-refractivity contribution is -0.209. The van der Waals surface area contributed by atoms with Crippen molar-refractivity contribution in [2.45, 2.75) is 70.1 Å². The van der Waals surface area contributed by atoms with Crippen LogP contribution in [0.15, 0.2) is 0 Å². The fourth-order valence-electron chi connectivity index (χ4n) is 5.36. The molecule has 1 unspecified atom stereocenters. The molecule has 0 N–H and O–H groups in total. The van der Waals surface area contributed by atoms with Gasteiger partial charge >= 0.3 is 5.97 Å². The molecule has 124 valence electrons. The van der Waals surface area contributed by atoms with Crippen molar-refractivity contribution in [1.82, 2.24) is 0 Å². The molecule has 1 heterocycles. The van der Waals surface area contributed by atoms with Crippen molar-refractivity contribution < 1.29 is 18.7 Å². The number of carbonyl (C=O) groups is 1. The molecule has 22 heavy (non-hydrogen) atoms. The molecule has 4 rings (SSSR count). The van der Waals surface area contributed by atoms with E-state index in [0.29, 0.717) is 24.0 Å². The second-order valence-electron chi connectivity index (χ2n) is 9.15. The molecule has 0 bridgehead atoms. The van der Waals surface area contributed by atoms with Gasteiger partial charge in [-0.3, -0.25) is 4.79 Å². The van der Waals surface area contributed by atoms with Crippen LogP contribution in [0.4, 0.5) is 0 Å². The molecule has 0 amide bonds.